The summed E-state index contributed by atoms with van der Waals surface area (Å²) >= 11 is 0. The third-order valence-corrected chi connectivity index (χ3v) is 5.63. The molecule has 0 aromatic heterocycles. The van der Waals surface area contributed by atoms with E-state index in [1.165, 1.54) is 6.07 Å². The molecule has 0 unspecified atom stereocenters. The van der Waals surface area contributed by atoms with Gasteiger partial charge in [-0.25, -0.2) is 13.1 Å². The summed E-state index contributed by atoms with van der Waals surface area (Å²) < 4.78 is 27.7. The number of anilines is 1. The smallest absolute Gasteiger partial charge is 0.243 e. The molecule has 9 heteroatoms. The molecule has 27 heavy (non-hydrogen) atoms. The number of hydrogen-bond acceptors (Lipinski definition) is 5. The van der Waals surface area contributed by atoms with Crippen molar-refractivity contribution in [2.24, 2.45) is 11.7 Å². The SMILES string of the molecule is Cc1c(NC(=O)CNC(=O)[C@@H](N)C(C)C)cccc1S(=O)(=O)NC(C)(C)C. The molecule has 0 fully saturated rings. The van der Waals surface area contributed by atoms with Crippen LogP contribution in [0.4, 0.5) is 5.69 Å². The summed E-state index contributed by atoms with van der Waals surface area (Å²) in [6.45, 7) is 10.2. The highest BCUT2D eigenvalue weighted by molar-refractivity contribution is 7.89. The summed E-state index contributed by atoms with van der Waals surface area (Å²) in [4.78, 5) is 24.0. The van der Waals surface area contributed by atoms with Crippen LogP contribution in [0.15, 0.2) is 23.1 Å². The maximum Gasteiger partial charge on any atom is 0.243 e. The molecule has 5 N–H and O–H groups in total. The second-order valence-electron chi connectivity index (χ2n) is 7.82. The monoisotopic (exact) mass is 398 g/mol. The van der Waals surface area contributed by atoms with Crippen LogP contribution in [0.25, 0.3) is 0 Å². The van der Waals surface area contributed by atoms with Crippen molar-refractivity contribution >= 4 is 27.5 Å². The molecule has 0 aliphatic carbocycles. The second kappa shape index (κ2) is 8.81. The summed E-state index contributed by atoms with van der Waals surface area (Å²) in [5.74, 6) is -0.934. The molecule has 0 radical (unpaired) electrons. The number of rotatable bonds is 7. The maximum atomic E-state index is 12.6. The highest BCUT2D eigenvalue weighted by Crippen LogP contribution is 2.24. The summed E-state index contributed by atoms with van der Waals surface area (Å²) in [6.07, 6.45) is 0. The first kappa shape index (κ1) is 23.1. The van der Waals surface area contributed by atoms with Crippen molar-refractivity contribution in [3.05, 3.63) is 23.8 Å². The fourth-order valence-corrected chi connectivity index (χ4v) is 3.97. The molecule has 0 saturated carbocycles. The van der Waals surface area contributed by atoms with Gasteiger partial charge in [-0.05, 0) is 51.3 Å². The van der Waals surface area contributed by atoms with Crippen LogP contribution in [0.3, 0.4) is 0 Å². The number of amides is 2. The maximum absolute atomic E-state index is 12.6. The van der Waals surface area contributed by atoms with Crippen molar-refractivity contribution in [3.8, 4) is 0 Å². The van der Waals surface area contributed by atoms with Gasteiger partial charge < -0.3 is 16.4 Å². The first-order chi connectivity index (χ1) is 12.2. The summed E-state index contributed by atoms with van der Waals surface area (Å²) in [5, 5.41) is 5.09. The van der Waals surface area contributed by atoms with E-state index < -0.39 is 33.4 Å². The van der Waals surface area contributed by atoms with E-state index in [2.05, 4.69) is 15.4 Å². The van der Waals surface area contributed by atoms with Gasteiger partial charge >= 0.3 is 0 Å². The van der Waals surface area contributed by atoms with Gasteiger partial charge in [0.25, 0.3) is 0 Å². The molecule has 1 atom stereocenters. The van der Waals surface area contributed by atoms with Crippen molar-refractivity contribution in [1.82, 2.24) is 10.0 Å². The van der Waals surface area contributed by atoms with E-state index >= 15 is 0 Å². The Kier molecular flexibility index (Phi) is 7.53. The quantitative estimate of drug-likeness (QED) is 0.546. The summed E-state index contributed by atoms with van der Waals surface area (Å²) in [5.41, 5.74) is 5.86. The normalized spacial score (nSPS) is 13.3. The largest absolute Gasteiger partial charge is 0.346 e. The van der Waals surface area contributed by atoms with Gasteiger partial charge in [0.1, 0.15) is 0 Å². The zero-order valence-corrected chi connectivity index (χ0v) is 17.5. The molecule has 0 spiro atoms. The van der Waals surface area contributed by atoms with Gasteiger partial charge in [-0.3, -0.25) is 9.59 Å². The molecular weight excluding hydrogens is 368 g/mol. The van der Waals surface area contributed by atoms with Crippen LogP contribution in [0.5, 0.6) is 0 Å². The Morgan fingerprint density at radius 1 is 1.19 bits per heavy atom. The van der Waals surface area contributed by atoms with E-state index in [4.69, 9.17) is 5.73 Å². The molecule has 1 rings (SSSR count). The molecule has 1 aromatic rings. The Morgan fingerprint density at radius 2 is 1.78 bits per heavy atom. The van der Waals surface area contributed by atoms with Gasteiger partial charge in [0.2, 0.25) is 21.8 Å². The zero-order chi connectivity index (χ0) is 21.0. The number of hydrogen-bond donors (Lipinski definition) is 4. The average molecular weight is 399 g/mol. The molecular formula is C18H30N4O4S. The molecule has 0 aliphatic heterocycles. The van der Waals surface area contributed by atoms with Crippen molar-refractivity contribution in [2.45, 2.75) is 58.0 Å². The van der Waals surface area contributed by atoms with Gasteiger partial charge in [-0.15, -0.1) is 0 Å². The number of sulfonamides is 1. The first-order valence-corrected chi connectivity index (χ1v) is 10.2. The van der Waals surface area contributed by atoms with Crippen molar-refractivity contribution in [2.75, 3.05) is 11.9 Å². The third-order valence-electron chi connectivity index (χ3n) is 3.73. The third kappa shape index (κ3) is 6.93. The molecule has 0 bridgehead atoms. The molecule has 0 saturated heterocycles. The number of nitrogens with one attached hydrogen (secondary N) is 3. The van der Waals surface area contributed by atoms with E-state index in [1.54, 1.807) is 39.8 Å². The van der Waals surface area contributed by atoms with Crippen LogP contribution in [0, 0.1) is 12.8 Å². The fraction of sp³-hybridized carbons (Fsp3) is 0.556. The molecule has 2 amide bonds. The van der Waals surface area contributed by atoms with Gasteiger partial charge in [0.15, 0.2) is 0 Å². The van der Waals surface area contributed by atoms with Gasteiger partial charge in [-0.1, -0.05) is 19.9 Å². The molecule has 0 aliphatic rings. The Morgan fingerprint density at radius 3 is 2.30 bits per heavy atom. The summed E-state index contributed by atoms with van der Waals surface area (Å²) in [7, 11) is -3.74. The fourth-order valence-electron chi connectivity index (χ4n) is 2.28. The van der Waals surface area contributed by atoms with E-state index in [0.29, 0.717) is 11.3 Å². The van der Waals surface area contributed by atoms with Gasteiger partial charge in [-0.2, -0.15) is 0 Å². The predicted octanol–water partition coefficient (Wildman–Crippen LogP) is 1.11. The number of benzene rings is 1. The Bertz CT molecular complexity index is 798. The Balaban J connectivity index is 2.88. The van der Waals surface area contributed by atoms with Crippen LogP contribution >= 0.6 is 0 Å². The minimum absolute atomic E-state index is 0.0486. The van der Waals surface area contributed by atoms with Crippen LogP contribution in [-0.4, -0.2) is 38.4 Å². The molecule has 0 heterocycles. The molecule has 152 valence electrons. The molecule has 1 aromatic carbocycles. The van der Waals surface area contributed by atoms with Crippen molar-refractivity contribution in [3.63, 3.8) is 0 Å². The van der Waals surface area contributed by atoms with Gasteiger partial charge in [0, 0.05) is 11.2 Å². The van der Waals surface area contributed by atoms with Crippen LogP contribution in [-0.2, 0) is 19.6 Å². The Labute approximate surface area is 161 Å². The van der Waals surface area contributed by atoms with E-state index in [1.807, 2.05) is 13.8 Å². The number of carbonyl (C=O) groups is 2. The zero-order valence-electron chi connectivity index (χ0n) is 16.7. The lowest BCUT2D eigenvalue weighted by Gasteiger charge is -2.22. The van der Waals surface area contributed by atoms with Crippen LogP contribution < -0.4 is 21.1 Å². The number of carbonyl (C=O) groups excluding carboxylic acids is 2. The minimum atomic E-state index is -3.74. The minimum Gasteiger partial charge on any atom is -0.346 e. The average Bonchev–Trinajstić information content (AvgIpc) is 2.51. The van der Waals surface area contributed by atoms with Crippen molar-refractivity contribution in [1.29, 1.82) is 0 Å². The number of nitrogens with two attached hydrogens (primary N) is 1. The second-order valence-corrected chi connectivity index (χ2v) is 9.47. The lowest BCUT2D eigenvalue weighted by atomic mass is 10.1. The standard InChI is InChI=1S/C18H30N4O4S/c1-11(2)16(19)17(24)20-10-15(23)21-13-8-7-9-14(12(13)3)27(25,26)22-18(4,5)6/h7-9,11,16,22H,10,19H2,1-6H3,(H,20,24)(H,21,23)/t16-/m0/s1. The van der Waals surface area contributed by atoms with Crippen molar-refractivity contribution < 1.29 is 18.0 Å². The van der Waals surface area contributed by atoms with E-state index in [0.717, 1.165) is 0 Å². The van der Waals surface area contributed by atoms with E-state index in [9.17, 15) is 18.0 Å². The predicted molar refractivity (Wildman–Crippen MR) is 106 cm³/mol. The van der Waals surface area contributed by atoms with E-state index in [-0.39, 0.29) is 17.4 Å². The van der Waals surface area contributed by atoms with Crippen LogP contribution in [0.2, 0.25) is 0 Å². The topological polar surface area (TPSA) is 130 Å². The highest BCUT2D eigenvalue weighted by Gasteiger charge is 2.25. The lowest BCUT2D eigenvalue weighted by Crippen LogP contribution is -2.46. The summed E-state index contributed by atoms with van der Waals surface area (Å²) in [6, 6.07) is 3.93. The molecule has 8 nitrogen and oxygen atoms in total. The van der Waals surface area contributed by atoms with Gasteiger partial charge in [0.05, 0.1) is 17.5 Å². The lowest BCUT2D eigenvalue weighted by molar-refractivity contribution is -0.125. The van der Waals surface area contributed by atoms with Crippen LogP contribution in [0.1, 0.15) is 40.2 Å². The first-order valence-electron chi connectivity index (χ1n) is 8.71. The highest BCUT2D eigenvalue weighted by atomic mass is 32.2. The Hall–Kier alpha value is -1.97.